The third-order valence-corrected chi connectivity index (χ3v) is 5.67. The highest BCUT2D eigenvalue weighted by Crippen LogP contribution is 2.26. The lowest BCUT2D eigenvalue weighted by Crippen LogP contribution is -2.29. The monoisotopic (exact) mass is 492 g/mol. The Morgan fingerprint density at radius 2 is 2.00 bits per heavy atom. The Hall–Kier alpha value is -3.48. The molecule has 0 aliphatic heterocycles. The number of aromatic hydroxyl groups is 1. The normalized spacial score (nSPS) is 11.9. The van der Waals surface area contributed by atoms with Crippen molar-refractivity contribution in [2.24, 2.45) is 0 Å². The zero-order valence-corrected chi connectivity index (χ0v) is 18.9. The number of benzene rings is 1. The summed E-state index contributed by atoms with van der Waals surface area (Å²) in [5.41, 5.74) is -0.924. The summed E-state index contributed by atoms with van der Waals surface area (Å²) in [6.45, 7) is 0.645. The van der Waals surface area contributed by atoms with Crippen LogP contribution in [0.5, 0.6) is 11.6 Å². The van der Waals surface area contributed by atoms with Gasteiger partial charge in [-0.15, -0.1) is 5.10 Å². The lowest BCUT2D eigenvalue weighted by Gasteiger charge is -2.14. The number of aliphatic hydroxyl groups is 1. The van der Waals surface area contributed by atoms with Crippen LogP contribution in [0.3, 0.4) is 0 Å². The zero-order chi connectivity index (χ0) is 24.1. The number of aliphatic hydroxyl groups excluding tert-OH is 1. The Bertz CT molecular complexity index is 1660. The van der Waals surface area contributed by atoms with Crippen LogP contribution in [0.1, 0.15) is 16.8 Å². The first-order valence-electron chi connectivity index (χ1n) is 9.43. The summed E-state index contributed by atoms with van der Waals surface area (Å²) in [5, 5.41) is 24.1. The van der Waals surface area contributed by atoms with Crippen LogP contribution in [0.2, 0.25) is 5.02 Å². The van der Waals surface area contributed by atoms with Gasteiger partial charge in [-0.05, 0) is 25.1 Å². The molecular formula is C20H17ClN4O7S. The number of rotatable bonds is 5. The number of halogens is 1. The van der Waals surface area contributed by atoms with E-state index in [1.807, 2.05) is 0 Å². The molecule has 0 bridgehead atoms. The Balaban J connectivity index is 2.08. The van der Waals surface area contributed by atoms with Crippen molar-refractivity contribution in [3.8, 4) is 11.6 Å². The highest BCUT2D eigenvalue weighted by atomic mass is 35.5. The van der Waals surface area contributed by atoms with Crippen LogP contribution in [-0.2, 0) is 23.3 Å². The fourth-order valence-corrected chi connectivity index (χ4v) is 3.99. The van der Waals surface area contributed by atoms with Gasteiger partial charge >= 0.3 is 10.1 Å². The first kappa shape index (κ1) is 22.7. The molecule has 0 amide bonds. The number of fused-ring (bicyclic) bond motifs is 2. The number of hydrogen-bond donors (Lipinski definition) is 3. The van der Waals surface area contributed by atoms with E-state index in [4.69, 9.17) is 15.8 Å². The molecule has 172 valence electrons. The highest BCUT2D eigenvalue weighted by molar-refractivity contribution is 7.86. The molecule has 11 nitrogen and oxygen atoms in total. The van der Waals surface area contributed by atoms with Gasteiger partial charge in [0.2, 0.25) is 5.43 Å². The lowest BCUT2D eigenvalue weighted by molar-refractivity contribution is 0.278. The molecule has 1 aromatic carbocycles. The van der Waals surface area contributed by atoms with Crippen LogP contribution < -0.4 is 15.2 Å². The topological polar surface area (TPSA) is 164 Å². The predicted octanol–water partition coefficient (Wildman–Crippen LogP) is 1.18. The van der Waals surface area contributed by atoms with E-state index < -0.39 is 45.5 Å². The van der Waals surface area contributed by atoms with Gasteiger partial charge in [0.1, 0.15) is 16.7 Å². The molecule has 3 N–H and O–H groups in total. The number of aryl methyl sites for hydroxylation is 1. The maximum absolute atomic E-state index is 13.3. The van der Waals surface area contributed by atoms with E-state index in [1.54, 1.807) is 0 Å². The first-order valence-corrected chi connectivity index (χ1v) is 11.6. The van der Waals surface area contributed by atoms with E-state index in [0.717, 1.165) is 10.9 Å². The second-order valence-corrected chi connectivity index (χ2v) is 9.31. The van der Waals surface area contributed by atoms with Gasteiger partial charge in [0.25, 0.3) is 11.4 Å². The highest BCUT2D eigenvalue weighted by Gasteiger charge is 2.22. The maximum atomic E-state index is 13.3. The molecule has 4 aromatic rings. The quantitative estimate of drug-likeness (QED) is 0.274. The summed E-state index contributed by atoms with van der Waals surface area (Å²) in [4.78, 5) is 33.2. The second-order valence-electron chi connectivity index (χ2n) is 7.30. The van der Waals surface area contributed by atoms with Crippen LogP contribution >= 0.6 is 11.6 Å². The SMILES string of the molecule is Cc1ncc(CO)c(Cn2nc(OS(C)(=O)=O)c3[nH]c4cc(Cl)ccc4c(=O)c3c2=O)c1O. The number of aromatic nitrogens is 4. The van der Waals surface area contributed by atoms with E-state index >= 15 is 0 Å². The molecule has 0 aliphatic rings. The maximum Gasteiger partial charge on any atom is 0.307 e. The first-order chi connectivity index (χ1) is 15.5. The molecular weight excluding hydrogens is 476 g/mol. The summed E-state index contributed by atoms with van der Waals surface area (Å²) in [6.07, 6.45) is 2.11. The summed E-state index contributed by atoms with van der Waals surface area (Å²) in [5.74, 6) is -0.815. The molecule has 0 radical (unpaired) electrons. The van der Waals surface area contributed by atoms with Crippen molar-refractivity contribution in [2.75, 3.05) is 6.26 Å². The van der Waals surface area contributed by atoms with Crippen molar-refractivity contribution >= 4 is 43.5 Å². The van der Waals surface area contributed by atoms with Gasteiger partial charge in [-0.1, -0.05) is 11.6 Å². The van der Waals surface area contributed by atoms with Crippen molar-refractivity contribution in [3.63, 3.8) is 0 Å². The molecule has 4 rings (SSSR count). The molecule has 0 saturated carbocycles. The van der Waals surface area contributed by atoms with Crippen molar-refractivity contribution < 1.29 is 22.8 Å². The van der Waals surface area contributed by atoms with Gasteiger partial charge < -0.3 is 19.4 Å². The standard InChI is InChI=1S/C20H17ClN4O7S/c1-9-17(27)13(10(8-26)6-22-9)7-25-20(29)15-16(19(24-25)32-33(2,30)31)23-14-5-11(21)3-4-12(14)18(15)28/h3-6,26-27H,7-8H2,1-2H3,(H,23,28). The smallest absolute Gasteiger partial charge is 0.307 e. The van der Waals surface area contributed by atoms with Gasteiger partial charge in [0.15, 0.2) is 0 Å². The third kappa shape index (κ3) is 4.15. The van der Waals surface area contributed by atoms with Gasteiger partial charge in [0, 0.05) is 27.7 Å². The van der Waals surface area contributed by atoms with Crippen molar-refractivity contribution in [2.45, 2.75) is 20.1 Å². The van der Waals surface area contributed by atoms with E-state index in [-0.39, 0.29) is 39.0 Å². The van der Waals surface area contributed by atoms with Crippen molar-refractivity contribution in [1.29, 1.82) is 0 Å². The van der Waals surface area contributed by atoms with Gasteiger partial charge in [-0.25, -0.2) is 4.68 Å². The number of nitrogens with zero attached hydrogens (tertiary/aromatic N) is 3. The summed E-state index contributed by atoms with van der Waals surface area (Å²) in [6, 6.07) is 4.35. The third-order valence-electron chi connectivity index (χ3n) is 4.98. The minimum atomic E-state index is -4.10. The average molecular weight is 493 g/mol. The summed E-state index contributed by atoms with van der Waals surface area (Å²) >= 11 is 5.99. The van der Waals surface area contributed by atoms with Crippen LogP contribution in [-0.4, -0.2) is 44.6 Å². The zero-order valence-electron chi connectivity index (χ0n) is 17.3. The van der Waals surface area contributed by atoms with Crippen LogP contribution in [0.25, 0.3) is 21.8 Å². The number of pyridine rings is 2. The van der Waals surface area contributed by atoms with Crippen LogP contribution in [0.4, 0.5) is 0 Å². The minimum absolute atomic E-state index is 0.133. The Kier molecular flexibility index (Phi) is 5.60. The van der Waals surface area contributed by atoms with Gasteiger partial charge in [-0.2, -0.15) is 8.42 Å². The Morgan fingerprint density at radius 1 is 1.27 bits per heavy atom. The van der Waals surface area contributed by atoms with E-state index in [9.17, 15) is 28.2 Å². The molecule has 0 saturated heterocycles. The van der Waals surface area contributed by atoms with E-state index in [1.165, 1.54) is 31.3 Å². The number of hydrogen-bond acceptors (Lipinski definition) is 9. The van der Waals surface area contributed by atoms with Gasteiger partial charge in [0.05, 0.1) is 30.6 Å². The Morgan fingerprint density at radius 3 is 2.67 bits per heavy atom. The van der Waals surface area contributed by atoms with Crippen molar-refractivity contribution in [1.82, 2.24) is 19.7 Å². The number of nitrogens with one attached hydrogen (secondary N) is 1. The fraction of sp³-hybridized carbons (Fsp3) is 0.200. The molecule has 0 aliphatic carbocycles. The van der Waals surface area contributed by atoms with Crippen molar-refractivity contribution in [3.05, 3.63) is 66.8 Å². The molecule has 13 heteroatoms. The van der Waals surface area contributed by atoms with E-state index in [2.05, 4.69) is 15.1 Å². The summed E-state index contributed by atoms with van der Waals surface area (Å²) in [7, 11) is -4.10. The molecule has 3 aromatic heterocycles. The Labute approximate surface area is 191 Å². The molecule has 0 unspecified atom stereocenters. The fourth-order valence-electron chi connectivity index (χ4n) is 3.42. The second kappa shape index (κ2) is 8.14. The predicted molar refractivity (Wildman–Crippen MR) is 120 cm³/mol. The van der Waals surface area contributed by atoms with E-state index in [0.29, 0.717) is 5.02 Å². The lowest BCUT2D eigenvalue weighted by atomic mass is 10.1. The molecule has 0 spiro atoms. The summed E-state index contributed by atoms with van der Waals surface area (Å²) < 4.78 is 29.5. The molecule has 0 fully saturated rings. The molecule has 33 heavy (non-hydrogen) atoms. The minimum Gasteiger partial charge on any atom is -0.506 e. The molecule has 3 heterocycles. The average Bonchev–Trinajstić information content (AvgIpc) is 2.73. The largest absolute Gasteiger partial charge is 0.506 e. The van der Waals surface area contributed by atoms with Crippen LogP contribution in [0.15, 0.2) is 34.0 Å². The van der Waals surface area contributed by atoms with Gasteiger partial charge in [-0.3, -0.25) is 14.6 Å². The van der Waals surface area contributed by atoms with Crippen LogP contribution in [0, 0.1) is 6.92 Å². The number of aromatic amines is 1. The number of H-pyrrole nitrogens is 1. The molecule has 0 atom stereocenters.